The molecule has 3 rings (SSSR count). The maximum atomic E-state index is 13.1. The fraction of sp³-hybridized carbons (Fsp3) is 0.167. The van der Waals surface area contributed by atoms with E-state index in [0.29, 0.717) is 11.3 Å². The van der Waals surface area contributed by atoms with Gasteiger partial charge in [0.05, 0.1) is 12.2 Å². The second-order valence-corrected chi connectivity index (χ2v) is 4.06. The molecule has 1 aromatic heterocycles. The van der Waals surface area contributed by atoms with Crippen LogP contribution in [-0.4, -0.2) is 27.3 Å². The van der Waals surface area contributed by atoms with Crippen molar-refractivity contribution in [2.45, 2.75) is 6.23 Å². The van der Waals surface area contributed by atoms with E-state index in [1.807, 2.05) is 0 Å². The number of carbonyl (C=O) groups is 1. The maximum absolute atomic E-state index is 13.1. The molecule has 6 heteroatoms. The Labute approximate surface area is 102 Å². The first-order valence-corrected chi connectivity index (χ1v) is 5.47. The van der Waals surface area contributed by atoms with Crippen LogP contribution in [0.25, 0.3) is 11.3 Å². The number of β-amino-alcohol motifs (C(OH)–C–C–N with tert-alkyl or cyclic N) is 1. The van der Waals surface area contributed by atoms with Crippen LogP contribution in [0.4, 0.5) is 4.39 Å². The maximum Gasteiger partial charge on any atom is 0.269 e. The van der Waals surface area contributed by atoms with Gasteiger partial charge in [-0.2, -0.15) is 5.10 Å². The van der Waals surface area contributed by atoms with Crippen LogP contribution in [0.15, 0.2) is 30.3 Å². The number of carbonyl (C=O) groups excluding carboxylic acids is 1. The third-order valence-corrected chi connectivity index (χ3v) is 2.82. The van der Waals surface area contributed by atoms with E-state index in [2.05, 4.69) is 10.4 Å². The number of nitrogens with one attached hydrogen (secondary N) is 1. The fourth-order valence-electron chi connectivity index (χ4n) is 1.94. The van der Waals surface area contributed by atoms with Gasteiger partial charge in [-0.15, -0.1) is 0 Å². The van der Waals surface area contributed by atoms with Crippen LogP contribution in [0.2, 0.25) is 0 Å². The van der Waals surface area contributed by atoms with Crippen molar-refractivity contribution < 1.29 is 14.3 Å². The lowest BCUT2D eigenvalue weighted by Crippen LogP contribution is -2.39. The minimum atomic E-state index is -0.889. The van der Waals surface area contributed by atoms with Gasteiger partial charge in [0.25, 0.3) is 5.91 Å². The molecule has 0 radical (unpaired) electrons. The Kier molecular flexibility index (Phi) is 2.38. The Balaban J connectivity index is 2.10. The van der Waals surface area contributed by atoms with Crippen LogP contribution in [-0.2, 0) is 0 Å². The number of aromatic nitrogens is 2. The monoisotopic (exact) mass is 247 g/mol. The molecular formula is C12H10FN3O2. The van der Waals surface area contributed by atoms with Gasteiger partial charge in [0.2, 0.25) is 0 Å². The number of fused-ring (bicyclic) bond motifs is 1. The van der Waals surface area contributed by atoms with Gasteiger partial charge in [0, 0.05) is 5.56 Å². The largest absolute Gasteiger partial charge is 0.370 e. The van der Waals surface area contributed by atoms with Crippen LogP contribution >= 0.6 is 0 Å². The quantitative estimate of drug-likeness (QED) is 0.787. The molecule has 1 aliphatic heterocycles. The van der Waals surface area contributed by atoms with E-state index < -0.39 is 6.23 Å². The molecular weight excluding hydrogens is 237 g/mol. The Hall–Kier alpha value is -2.21. The predicted molar refractivity (Wildman–Crippen MR) is 61.2 cm³/mol. The molecule has 1 aliphatic rings. The first-order chi connectivity index (χ1) is 8.65. The molecule has 18 heavy (non-hydrogen) atoms. The second-order valence-electron chi connectivity index (χ2n) is 4.06. The molecule has 0 aliphatic carbocycles. The molecule has 92 valence electrons. The number of nitrogens with zero attached hydrogens (tertiary/aromatic N) is 2. The third-order valence-electron chi connectivity index (χ3n) is 2.82. The molecule has 1 unspecified atom stereocenters. The zero-order valence-corrected chi connectivity index (χ0v) is 9.30. The second kappa shape index (κ2) is 3.92. The standard InChI is InChI=1S/C12H10FN3O2/c13-8-3-1-2-7(4-8)9-5-10-12(18)14-6-11(17)16(10)15-9/h1-5,11,17H,6H2,(H,14,18). The van der Waals surface area contributed by atoms with Crippen molar-refractivity contribution in [3.63, 3.8) is 0 Å². The summed E-state index contributed by atoms with van der Waals surface area (Å²) in [5.74, 6) is -0.668. The first-order valence-electron chi connectivity index (χ1n) is 5.47. The van der Waals surface area contributed by atoms with E-state index in [-0.39, 0.29) is 24.0 Å². The summed E-state index contributed by atoms with van der Waals surface area (Å²) in [6.07, 6.45) is -0.889. The molecule has 5 nitrogen and oxygen atoms in total. The lowest BCUT2D eigenvalue weighted by Gasteiger charge is -2.19. The summed E-state index contributed by atoms with van der Waals surface area (Å²) < 4.78 is 14.4. The topological polar surface area (TPSA) is 67.2 Å². The summed E-state index contributed by atoms with van der Waals surface area (Å²) in [5, 5.41) is 16.4. The van der Waals surface area contributed by atoms with E-state index in [1.165, 1.54) is 22.9 Å². The molecule has 2 heterocycles. The Morgan fingerprint density at radius 1 is 1.44 bits per heavy atom. The number of hydrogen-bond acceptors (Lipinski definition) is 3. The van der Waals surface area contributed by atoms with E-state index in [1.54, 1.807) is 12.1 Å². The molecule has 0 fully saturated rings. The van der Waals surface area contributed by atoms with Gasteiger partial charge in [-0.05, 0) is 18.2 Å². The molecule has 2 aromatic rings. The van der Waals surface area contributed by atoms with Crippen LogP contribution in [0, 0.1) is 5.82 Å². The van der Waals surface area contributed by atoms with E-state index in [4.69, 9.17) is 0 Å². The summed E-state index contributed by atoms with van der Waals surface area (Å²) in [5.41, 5.74) is 1.30. The molecule has 1 atom stereocenters. The fourth-order valence-corrected chi connectivity index (χ4v) is 1.94. The first kappa shape index (κ1) is 10.9. The van der Waals surface area contributed by atoms with Crippen LogP contribution in [0.3, 0.4) is 0 Å². The number of benzene rings is 1. The zero-order chi connectivity index (χ0) is 12.7. The summed E-state index contributed by atoms with van der Waals surface area (Å²) in [7, 11) is 0. The van der Waals surface area contributed by atoms with Crippen molar-refractivity contribution in [2.24, 2.45) is 0 Å². The van der Waals surface area contributed by atoms with Gasteiger partial charge in [0.1, 0.15) is 11.5 Å². The molecule has 0 bridgehead atoms. The number of rotatable bonds is 1. The van der Waals surface area contributed by atoms with Gasteiger partial charge >= 0.3 is 0 Å². The molecule has 0 saturated carbocycles. The lowest BCUT2D eigenvalue weighted by atomic mass is 10.1. The summed E-state index contributed by atoms with van der Waals surface area (Å²) in [4.78, 5) is 11.6. The van der Waals surface area contributed by atoms with Gasteiger partial charge in [-0.25, -0.2) is 9.07 Å². The van der Waals surface area contributed by atoms with Crippen molar-refractivity contribution in [3.05, 3.63) is 41.8 Å². The predicted octanol–water partition coefficient (Wildman–Crippen LogP) is 0.923. The zero-order valence-electron chi connectivity index (χ0n) is 9.30. The Bertz CT molecular complexity index is 624. The summed E-state index contributed by atoms with van der Waals surface area (Å²) >= 11 is 0. The highest BCUT2D eigenvalue weighted by Crippen LogP contribution is 2.23. The SMILES string of the molecule is O=C1NCC(O)n2nc(-c3cccc(F)c3)cc21. The van der Waals surface area contributed by atoms with Crippen molar-refractivity contribution in [1.29, 1.82) is 0 Å². The van der Waals surface area contributed by atoms with Crippen LogP contribution < -0.4 is 5.32 Å². The van der Waals surface area contributed by atoms with Crippen molar-refractivity contribution >= 4 is 5.91 Å². The van der Waals surface area contributed by atoms with Crippen LogP contribution in [0.5, 0.6) is 0 Å². The Morgan fingerprint density at radius 3 is 3.00 bits per heavy atom. The number of hydrogen-bond donors (Lipinski definition) is 2. The van der Waals surface area contributed by atoms with E-state index >= 15 is 0 Å². The molecule has 2 N–H and O–H groups in total. The number of amides is 1. The average Bonchev–Trinajstić information content (AvgIpc) is 2.80. The van der Waals surface area contributed by atoms with Gasteiger partial charge in [0.15, 0.2) is 6.23 Å². The molecule has 0 spiro atoms. The Morgan fingerprint density at radius 2 is 2.28 bits per heavy atom. The molecule has 0 saturated heterocycles. The average molecular weight is 247 g/mol. The van der Waals surface area contributed by atoms with Gasteiger partial charge in [-0.1, -0.05) is 12.1 Å². The van der Waals surface area contributed by atoms with E-state index in [9.17, 15) is 14.3 Å². The van der Waals surface area contributed by atoms with Gasteiger partial charge in [-0.3, -0.25) is 4.79 Å². The summed E-state index contributed by atoms with van der Waals surface area (Å²) in [6, 6.07) is 7.47. The third kappa shape index (κ3) is 1.67. The highest BCUT2D eigenvalue weighted by Gasteiger charge is 2.25. The number of halogens is 1. The number of aliphatic hydroxyl groups is 1. The van der Waals surface area contributed by atoms with Crippen molar-refractivity contribution in [1.82, 2.24) is 15.1 Å². The highest BCUT2D eigenvalue weighted by molar-refractivity contribution is 5.94. The van der Waals surface area contributed by atoms with E-state index in [0.717, 1.165) is 0 Å². The van der Waals surface area contributed by atoms with Crippen molar-refractivity contribution in [2.75, 3.05) is 6.54 Å². The van der Waals surface area contributed by atoms with Gasteiger partial charge < -0.3 is 10.4 Å². The highest BCUT2D eigenvalue weighted by atomic mass is 19.1. The molecule has 1 amide bonds. The van der Waals surface area contributed by atoms with Crippen LogP contribution in [0.1, 0.15) is 16.7 Å². The minimum absolute atomic E-state index is 0.121. The lowest BCUT2D eigenvalue weighted by molar-refractivity contribution is 0.0594. The van der Waals surface area contributed by atoms with Crippen molar-refractivity contribution in [3.8, 4) is 11.3 Å². The molecule has 1 aromatic carbocycles. The smallest absolute Gasteiger partial charge is 0.269 e. The normalized spacial score (nSPS) is 18.3. The minimum Gasteiger partial charge on any atom is -0.370 e. The summed E-state index contributed by atoms with van der Waals surface area (Å²) in [6.45, 7) is 0.121. The number of aliphatic hydroxyl groups excluding tert-OH is 1.